The topological polar surface area (TPSA) is 95.2 Å². The van der Waals surface area contributed by atoms with E-state index in [0.29, 0.717) is 64.6 Å². The highest BCUT2D eigenvalue weighted by Crippen LogP contribution is 2.34. The van der Waals surface area contributed by atoms with Crippen LogP contribution in [0.5, 0.6) is 11.5 Å². The third kappa shape index (κ3) is 5.76. The average molecular weight is 583 g/mol. The van der Waals surface area contributed by atoms with Crippen LogP contribution in [-0.2, 0) is 9.53 Å². The van der Waals surface area contributed by atoms with Crippen LogP contribution in [0.1, 0.15) is 49.4 Å². The monoisotopic (exact) mass is 582 g/mol. The average Bonchev–Trinajstić information content (AvgIpc) is 2.97. The maximum atomic E-state index is 13.5. The molecule has 0 radical (unpaired) electrons. The second-order valence-electron chi connectivity index (χ2n) is 9.49. The Labute approximate surface area is 229 Å². The Kier molecular flexibility index (Phi) is 8.38. The zero-order chi connectivity index (χ0) is 26.5. The molecule has 0 N–H and O–H groups in total. The van der Waals surface area contributed by atoms with Crippen molar-refractivity contribution >= 4 is 39.0 Å². The highest BCUT2D eigenvalue weighted by Gasteiger charge is 2.23. The number of rotatable bonds is 7. The molecule has 0 spiro atoms. The van der Waals surface area contributed by atoms with E-state index in [1.54, 1.807) is 36.4 Å². The van der Waals surface area contributed by atoms with E-state index < -0.39 is 0 Å². The molecule has 3 aromatic rings. The summed E-state index contributed by atoms with van der Waals surface area (Å²) in [6.07, 6.45) is 7.06. The van der Waals surface area contributed by atoms with E-state index in [0.717, 1.165) is 25.7 Å². The number of carbonyl (C=O) groups is 1. The fourth-order valence-corrected chi connectivity index (χ4v) is 5.39. The molecule has 2 aromatic carbocycles. The second-order valence-corrected chi connectivity index (χ2v) is 10.3. The number of amides is 1. The number of methoxy groups -OCH3 is 1. The highest BCUT2D eigenvalue weighted by molar-refractivity contribution is 9.10. The summed E-state index contributed by atoms with van der Waals surface area (Å²) in [6, 6.07) is 10.9. The third-order valence-electron chi connectivity index (χ3n) is 7.06. The van der Waals surface area contributed by atoms with Crippen LogP contribution in [-0.4, -0.2) is 66.7 Å². The minimum absolute atomic E-state index is 0.0981. The fourth-order valence-electron chi connectivity index (χ4n) is 4.96. The van der Waals surface area contributed by atoms with Crippen LogP contribution in [0.4, 0.5) is 0 Å². The molecule has 2 aliphatic rings. The number of morpholine rings is 1. The van der Waals surface area contributed by atoms with Gasteiger partial charge in [-0.2, -0.15) is 9.78 Å². The first-order valence-corrected chi connectivity index (χ1v) is 13.8. The van der Waals surface area contributed by atoms with Gasteiger partial charge in [0.05, 0.1) is 37.4 Å². The summed E-state index contributed by atoms with van der Waals surface area (Å²) in [5.41, 5.74) is 1.21. The zero-order valence-corrected chi connectivity index (χ0v) is 23.0. The SMILES string of the molecule is COc1cc(C=Nn2c(C3CCCCC3)nc3ccccc3c2=O)c(Br)cc1OCC(=O)N1CCOCC1. The first kappa shape index (κ1) is 26.4. The molecule has 1 saturated carbocycles. The van der Waals surface area contributed by atoms with Crippen molar-refractivity contribution in [2.45, 2.75) is 38.0 Å². The maximum Gasteiger partial charge on any atom is 0.282 e. The lowest BCUT2D eigenvalue weighted by Crippen LogP contribution is -2.43. The lowest BCUT2D eigenvalue weighted by Gasteiger charge is -2.26. The highest BCUT2D eigenvalue weighted by atomic mass is 79.9. The molecule has 1 amide bonds. The van der Waals surface area contributed by atoms with Crippen molar-refractivity contribution < 1.29 is 19.0 Å². The molecule has 0 atom stereocenters. The van der Waals surface area contributed by atoms with Crippen LogP contribution in [0.15, 0.2) is 50.8 Å². The summed E-state index contributed by atoms with van der Waals surface area (Å²) in [7, 11) is 1.54. The van der Waals surface area contributed by atoms with Gasteiger partial charge >= 0.3 is 0 Å². The minimum Gasteiger partial charge on any atom is -0.493 e. The Bertz CT molecular complexity index is 1390. The largest absolute Gasteiger partial charge is 0.493 e. The normalized spacial score (nSPS) is 16.7. The van der Waals surface area contributed by atoms with Gasteiger partial charge in [-0.25, -0.2) is 4.98 Å². The quantitative estimate of drug-likeness (QED) is 0.385. The van der Waals surface area contributed by atoms with Crippen LogP contribution >= 0.6 is 15.9 Å². The molecule has 1 saturated heterocycles. The fraction of sp³-hybridized carbons (Fsp3) is 0.429. The molecule has 1 aliphatic heterocycles. The standard InChI is InChI=1S/C28H31BrN4O5/c1-36-24-15-20(22(29)16-25(24)38-18-26(34)32-11-13-37-14-12-32)17-30-33-27(19-7-3-2-4-8-19)31-23-10-6-5-9-21(23)28(33)35/h5-6,9-10,15-17,19H,2-4,7-8,11-14,18H2,1H3. The predicted molar refractivity (Wildman–Crippen MR) is 148 cm³/mol. The molecule has 0 bridgehead atoms. The van der Waals surface area contributed by atoms with E-state index in [4.69, 9.17) is 19.2 Å². The third-order valence-corrected chi connectivity index (χ3v) is 7.75. The molecule has 2 fully saturated rings. The van der Waals surface area contributed by atoms with Gasteiger partial charge in [0.2, 0.25) is 0 Å². The van der Waals surface area contributed by atoms with Crippen LogP contribution in [0, 0.1) is 0 Å². The number of benzene rings is 2. The molecule has 1 aliphatic carbocycles. The first-order valence-electron chi connectivity index (χ1n) is 13.0. The van der Waals surface area contributed by atoms with Crippen LogP contribution in [0.2, 0.25) is 0 Å². The Hall–Kier alpha value is -3.24. The van der Waals surface area contributed by atoms with Crippen molar-refractivity contribution in [1.82, 2.24) is 14.6 Å². The summed E-state index contributed by atoms with van der Waals surface area (Å²) in [4.78, 5) is 32.6. The molecule has 9 nitrogen and oxygen atoms in total. The van der Waals surface area contributed by atoms with Gasteiger partial charge in [0.25, 0.3) is 11.5 Å². The lowest BCUT2D eigenvalue weighted by atomic mass is 9.88. The van der Waals surface area contributed by atoms with Crippen molar-refractivity contribution in [3.8, 4) is 11.5 Å². The van der Waals surface area contributed by atoms with Crippen molar-refractivity contribution in [3.63, 3.8) is 0 Å². The first-order chi connectivity index (χ1) is 18.5. The van der Waals surface area contributed by atoms with Crippen LogP contribution < -0.4 is 15.0 Å². The van der Waals surface area contributed by atoms with E-state index in [1.807, 2.05) is 18.2 Å². The Morgan fingerprint density at radius 2 is 1.92 bits per heavy atom. The number of hydrogen-bond acceptors (Lipinski definition) is 7. The van der Waals surface area contributed by atoms with Crippen molar-refractivity contribution in [1.29, 1.82) is 0 Å². The van der Waals surface area contributed by atoms with Gasteiger partial charge in [0.1, 0.15) is 5.82 Å². The molecule has 0 unspecified atom stereocenters. The Morgan fingerprint density at radius 3 is 2.68 bits per heavy atom. The summed E-state index contributed by atoms with van der Waals surface area (Å²) in [5, 5.41) is 5.16. The lowest BCUT2D eigenvalue weighted by molar-refractivity contribution is -0.137. The molecule has 38 heavy (non-hydrogen) atoms. The van der Waals surface area contributed by atoms with Crippen molar-refractivity contribution in [2.24, 2.45) is 5.10 Å². The van der Waals surface area contributed by atoms with Crippen molar-refractivity contribution in [2.75, 3.05) is 40.0 Å². The summed E-state index contributed by atoms with van der Waals surface area (Å²) >= 11 is 3.58. The summed E-state index contributed by atoms with van der Waals surface area (Å²) < 4.78 is 18.8. The van der Waals surface area contributed by atoms with E-state index >= 15 is 0 Å². The van der Waals surface area contributed by atoms with E-state index in [9.17, 15) is 9.59 Å². The number of halogens is 1. The van der Waals surface area contributed by atoms with Crippen LogP contribution in [0.25, 0.3) is 10.9 Å². The second kappa shape index (κ2) is 12.1. The minimum atomic E-state index is -0.183. The van der Waals surface area contributed by atoms with Crippen LogP contribution in [0.3, 0.4) is 0 Å². The molecular weight excluding hydrogens is 552 g/mol. The number of carbonyl (C=O) groups excluding carboxylic acids is 1. The van der Waals surface area contributed by atoms with Gasteiger partial charge in [0.15, 0.2) is 18.1 Å². The van der Waals surface area contributed by atoms with Gasteiger partial charge in [-0.05, 0) is 53.0 Å². The molecule has 1 aromatic heterocycles. The predicted octanol–water partition coefficient (Wildman–Crippen LogP) is 4.34. The Morgan fingerprint density at radius 1 is 1.16 bits per heavy atom. The molecule has 200 valence electrons. The van der Waals surface area contributed by atoms with E-state index in [2.05, 4.69) is 21.0 Å². The summed E-state index contributed by atoms with van der Waals surface area (Å²) in [5.74, 6) is 1.69. The zero-order valence-electron chi connectivity index (χ0n) is 21.4. The number of ether oxygens (including phenoxy) is 3. The van der Waals surface area contributed by atoms with E-state index in [-0.39, 0.29) is 24.0 Å². The number of fused-ring (bicyclic) bond motifs is 1. The van der Waals surface area contributed by atoms with Gasteiger partial charge in [-0.3, -0.25) is 9.59 Å². The van der Waals surface area contributed by atoms with E-state index in [1.165, 1.54) is 11.1 Å². The number of aromatic nitrogens is 2. The molecular formula is C28H31BrN4O5. The number of hydrogen-bond donors (Lipinski definition) is 0. The molecule has 2 heterocycles. The maximum absolute atomic E-state index is 13.5. The van der Waals surface area contributed by atoms with Gasteiger partial charge < -0.3 is 19.1 Å². The van der Waals surface area contributed by atoms with Crippen molar-refractivity contribution in [3.05, 3.63) is 62.6 Å². The smallest absolute Gasteiger partial charge is 0.282 e. The summed E-state index contributed by atoms with van der Waals surface area (Å²) in [6.45, 7) is 2.09. The number of nitrogens with zero attached hydrogens (tertiary/aromatic N) is 4. The van der Waals surface area contributed by atoms with Gasteiger partial charge in [-0.1, -0.05) is 31.4 Å². The molecule has 5 rings (SSSR count). The number of para-hydroxylation sites is 1. The van der Waals surface area contributed by atoms with Gasteiger partial charge in [0, 0.05) is 29.0 Å². The molecule has 10 heteroatoms. The Balaban J connectivity index is 1.43. The van der Waals surface area contributed by atoms with Gasteiger partial charge in [-0.15, -0.1) is 0 Å².